The van der Waals surface area contributed by atoms with Crippen LogP contribution in [-0.4, -0.2) is 60.1 Å². The van der Waals surface area contributed by atoms with Crippen molar-refractivity contribution in [2.24, 2.45) is 27.6 Å². The quantitative estimate of drug-likeness (QED) is 0.302. The van der Waals surface area contributed by atoms with Crippen molar-refractivity contribution in [2.45, 2.75) is 137 Å². The Hall–Kier alpha value is -2.25. The van der Waals surface area contributed by atoms with Crippen molar-refractivity contribution in [2.75, 3.05) is 13.7 Å². The van der Waals surface area contributed by atoms with Gasteiger partial charge in [-0.25, -0.2) is 4.79 Å². The van der Waals surface area contributed by atoms with E-state index in [1.54, 1.807) is 4.90 Å². The maximum atomic E-state index is 14.5. The second kappa shape index (κ2) is 10.8. The molecule has 0 aromatic rings. The van der Waals surface area contributed by atoms with E-state index in [2.05, 4.69) is 31.1 Å². The van der Waals surface area contributed by atoms with Gasteiger partial charge in [0.2, 0.25) is 11.8 Å². The van der Waals surface area contributed by atoms with Gasteiger partial charge in [-0.15, -0.1) is 0 Å². The Labute approximate surface area is 247 Å². The average molecular weight is 574 g/mol. The van der Waals surface area contributed by atoms with Crippen molar-refractivity contribution in [3.8, 4) is 0 Å². The molecule has 4 aliphatic rings. The highest BCUT2D eigenvalue weighted by molar-refractivity contribution is 5.93. The Bertz CT molecular complexity index is 1040. The lowest BCUT2D eigenvalue weighted by atomic mass is 9.73. The predicted octanol–water partition coefficient (Wildman–Crippen LogP) is 5.31. The van der Waals surface area contributed by atoms with E-state index >= 15 is 0 Å². The van der Waals surface area contributed by atoms with E-state index in [-0.39, 0.29) is 39.9 Å². The number of hydrogen-bond acceptors (Lipinski definition) is 6. The fourth-order valence-corrected chi connectivity index (χ4v) is 8.66. The van der Waals surface area contributed by atoms with Crippen LogP contribution in [0.15, 0.2) is 12.5 Å². The van der Waals surface area contributed by atoms with Crippen molar-refractivity contribution < 1.29 is 23.9 Å². The Morgan fingerprint density at radius 1 is 0.927 bits per heavy atom. The summed E-state index contributed by atoms with van der Waals surface area (Å²) in [5, 5.41) is 6.43. The zero-order chi connectivity index (χ0) is 30.6. The van der Waals surface area contributed by atoms with Gasteiger partial charge in [0.05, 0.1) is 7.11 Å². The van der Waals surface area contributed by atoms with Crippen LogP contribution in [0.2, 0.25) is 0 Å². The molecule has 8 heteroatoms. The molecule has 0 aromatic heterocycles. The minimum Gasteiger partial charge on any atom is -0.474 e. The number of nitrogens with one attached hydrogen (secondary N) is 2. The zero-order valence-corrected chi connectivity index (χ0v) is 27.1. The largest absolute Gasteiger partial charge is 0.474 e. The van der Waals surface area contributed by atoms with Crippen molar-refractivity contribution >= 4 is 17.8 Å². The van der Waals surface area contributed by atoms with E-state index in [9.17, 15) is 14.4 Å². The molecule has 1 heterocycles. The molecule has 41 heavy (non-hydrogen) atoms. The summed E-state index contributed by atoms with van der Waals surface area (Å²) in [5.74, 6) is -0.333. The number of fused-ring (bicyclic) bond motifs is 1. The Morgan fingerprint density at radius 3 is 2.00 bits per heavy atom. The molecule has 4 atom stereocenters. The number of amides is 2. The van der Waals surface area contributed by atoms with Crippen LogP contribution < -0.4 is 10.6 Å². The molecule has 3 aliphatic carbocycles. The highest BCUT2D eigenvalue weighted by Crippen LogP contribution is 2.88. The lowest BCUT2D eigenvalue weighted by Gasteiger charge is -2.38. The zero-order valence-electron chi connectivity index (χ0n) is 27.1. The first kappa shape index (κ1) is 31.7. The molecule has 3 saturated carbocycles. The molecular weight excluding hydrogens is 518 g/mol. The normalized spacial score (nSPS) is 28.4. The summed E-state index contributed by atoms with van der Waals surface area (Å²) in [7, 11) is 1.39. The van der Waals surface area contributed by atoms with E-state index in [4.69, 9.17) is 9.47 Å². The number of hydrogen-bond donors (Lipinski definition) is 2. The van der Waals surface area contributed by atoms with Gasteiger partial charge in [0.25, 0.3) is 0 Å². The van der Waals surface area contributed by atoms with E-state index < -0.39 is 29.1 Å². The third-order valence-electron chi connectivity index (χ3n) is 11.1. The van der Waals surface area contributed by atoms with Gasteiger partial charge in [-0.05, 0) is 81.6 Å². The SMILES string of the molecule is C=C(N[C@H](C(=O)N[C@H](C(=O)N1C[C@]2(C[C@H]1C(=O)OC)C(C)(C)C21CCC1)C(C)(C)C)C1CCCCC1)OC(C)(C)C. The highest BCUT2D eigenvalue weighted by atomic mass is 16.5. The minimum absolute atomic E-state index is 0.0590. The fraction of sp³-hybridized carbons (Fsp3) is 0.848. The van der Waals surface area contributed by atoms with Gasteiger partial charge < -0.3 is 25.0 Å². The van der Waals surface area contributed by atoms with Gasteiger partial charge in [-0.1, -0.05) is 60.3 Å². The van der Waals surface area contributed by atoms with Crippen LogP contribution in [0.4, 0.5) is 0 Å². The maximum Gasteiger partial charge on any atom is 0.328 e. The lowest BCUT2D eigenvalue weighted by molar-refractivity contribution is -0.153. The molecule has 0 radical (unpaired) electrons. The molecule has 4 fully saturated rings. The number of carbonyl (C=O) groups is 3. The summed E-state index contributed by atoms with van der Waals surface area (Å²) in [5.41, 5.74) is -0.876. The first-order valence-corrected chi connectivity index (χ1v) is 15.7. The molecule has 0 aromatic carbocycles. The summed E-state index contributed by atoms with van der Waals surface area (Å²) in [4.78, 5) is 43.3. The van der Waals surface area contributed by atoms with Crippen LogP contribution in [0.1, 0.15) is 113 Å². The molecular formula is C33H55N3O5. The van der Waals surface area contributed by atoms with Gasteiger partial charge in [0.1, 0.15) is 23.7 Å². The number of methoxy groups -OCH3 is 1. The topological polar surface area (TPSA) is 97.0 Å². The average Bonchev–Trinajstić information content (AvgIpc) is 3.08. The standard InChI is InChI=1S/C33H55N3O5/c1-21(41-30(5,6)7)34-24(22-15-12-11-13-16-22)26(37)35-25(29(2,3)4)27(38)36-20-33(19-23(36)28(39)40-10)31(8,9)32(33)17-14-18-32/h22-25,34H,1,11-20H2,2-10H3,(H,35,37)/t23-,24-,25+,33+/m0/s1. The highest BCUT2D eigenvalue weighted by Gasteiger charge is 2.85. The summed E-state index contributed by atoms with van der Waals surface area (Å²) in [6.45, 7) is 20.9. The second-order valence-corrected chi connectivity index (χ2v) is 15.8. The van der Waals surface area contributed by atoms with Crippen LogP contribution in [-0.2, 0) is 23.9 Å². The van der Waals surface area contributed by atoms with E-state index in [1.165, 1.54) is 13.5 Å². The molecule has 2 amide bonds. The predicted molar refractivity (Wildman–Crippen MR) is 159 cm³/mol. The summed E-state index contributed by atoms with van der Waals surface area (Å²) in [6, 6.07) is -2.01. The molecule has 2 N–H and O–H groups in total. The lowest BCUT2D eigenvalue weighted by Crippen LogP contribution is -2.60. The maximum absolute atomic E-state index is 14.5. The number of esters is 1. The number of rotatable bonds is 8. The van der Waals surface area contributed by atoms with Gasteiger partial charge in [0.15, 0.2) is 5.88 Å². The van der Waals surface area contributed by atoms with Crippen molar-refractivity contribution in [3.05, 3.63) is 12.5 Å². The number of likely N-dealkylation sites (tertiary alicyclic amines) is 1. The van der Waals surface area contributed by atoms with Crippen molar-refractivity contribution in [1.29, 1.82) is 0 Å². The first-order valence-electron chi connectivity index (χ1n) is 15.7. The van der Waals surface area contributed by atoms with E-state index in [0.29, 0.717) is 18.8 Å². The molecule has 1 saturated heterocycles. The van der Waals surface area contributed by atoms with Crippen LogP contribution in [0.5, 0.6) is 0 Å². The van der Waals surface area contributed by atoms with Gasteiger partial charge in [-0.2, -0.15) is 0 Å². The molecule has 0 unspecified atom stereocenters. The molecule has 2 spiro atoms. The summed E-state index contributed by atoms with van der Waals surface area (Å²) < 4.78 is 11.2. The van der Waals surface area contributed by atoms with Crippen LogP contribution in [0.3, 0.4) is 0 Å². The van der Waals surface area contributed by atoms with Gasteiger partial charge in [0, 0.05) is 12.0 Å². The number of nitrogens with zero attached hydrogens (tertiary/aromatic N) is 1. The van der Waals surface area contributed by atoms with Crippen LogP contribution in [0, 0.1) is 27.6 Å². The Balaban J connectivity index is 1.59. The third kappa shape index (κ3) is 5.49. The van der Waals surface area contributed by atoms with Crippen LogP contribution in [0.25, 0.3) is 0 Å². The van der Waals surface area contributed by atoms with Crippen molar-refractivity contribution in [3.63, 3.8) is 0 Å². The van der Waals surface area contributed by atoms with Gasteiger partial charge in [-0.3, -0.25) is 9.59 Å². The fourth-order valence-electron chi connectivity index (χ4n) is 8.66. The molecule has 4 rings (SSSR count). The van der Waals surface area contributed by atoms with Crippen molar-refractivity contribution in [1.82, 2.24) is 15.5 Å². The number of ether oxygens (including phenoxy) is 2. The molecule has 232 valence electrons. The summed E-state index contributed by atoms with van der Waals surface area (Å²) in [6.07, 6.45) is 9.27. The Kier molecular flexibility index (Phi) is 8.33. The first-order chi connectivity index (χ1) is 18.9. The molecule has 1 aliphatic heterocycles. The second-order valence-electron chi connectivity index (χ2n) is 15.8. The summed E-state index contributed by atoms with van der Waals surface area (Å²) >= 11 is 0. The third-order valence-corrected chi connectivity index (χ3v) is 11.1. The monoisotopic (exact) mass is 573 g/mol. The van der Waals surface area contributed by atoms with E-state index in [1.807, 2.05) is 41.5 Å². The van der Waals surface area contributed by atoms with E-state index in [0.717, 1.165) is 44.9 Å². The molecule has 8 nitrogen and oxygen atoms in total. The minimum atomic E-state index is -0.804. The van der Waals surface area contributed by atoms with Gasteiger partial charge >= 0.3 is 5.97 Å². The number of carbonyl (C=O) groups excluding carboxylic acids is 3. The van der Waals surface area contributed by atoms with Crippen LogP contribution >= 0.6 is 0 Å². The smallest absolute Gasteiger partial charge is 0.328 e. The molecule has 0 bridgehead atoms. The Morgan fingerprint density at radius 2 is 1.54 bits per heavy atom.